The van der Waals surface area contributed by atoms with Crippen LogP contribution in [0.5, 0.6) is 11.5 Å². The Kier molecular flexibility index (Phi) is 7.26. The fraction of sp³-hybridized carbons (Fsp3) is 0.208. The summed E-state index contributed by atoms with van der Waals surface area (Å²) in [6, 6.07) is 21.8. The van der Waals surface area contributed by atoms with Gasteiger partial charge >= 0.3 is 5.97 Å². The van der Waals surface area contributed by atoms with Gasteiger partial charge in [0.05, 0.1) is 18.0 Å². The highest BCUT2D eigenvalue weighted by Crippen LogP contribution is 2.23. The molecule has 0 saturated carbocycles. The van der Waals surface area contributed by atoms with Crippen LogP contribution in [-0.2, 0) is 11.2 Å². The van der Waals surface area contributed by atoms with Crippen LogP contribution in [0.1, 0.15) is 19.4 Å². The molecular weight excluding hydrogens is 416 g/mol. The van der Waals surface area contributed by atoms with Crippen LogP contribution in [0.3, 0.4) is 0 Å². The maximum Gasteiger partial charge on any atom is 0.347 e. The fourth-order valence-electron chi connectivity index (χ4n) is 2.58. The molecule has 0 spiro atoms. The van der Waals surface area contributed by atoms with E-state index in [9.17, 15) is 4.79 Å². The summed E-state index contributed by atoms with van der Waals surface area (Å²) in [4.78, 5) is 11.1. The van der Waals surface area contributed by atoms with Gasteiger partial charge in [0.25, 0.3) is 0 Å². The minimum Gasteiger partial charge on any atom is -0.493 e. The summed E-state index contributed by atoms with van der Waals surface area (Å²) in [7, 11) is 0. The minimum atomic E-state index is -1.27. The van der Waals surface area contributed by atoms with Crippen LogP contribution in [0.2, 0.25) is 5.02 Å². The van der Waals surface area contributed by atoms with E-state index in [1.54, 1.807) is 36.4 Å². The van der Waals surface area contributed by atoms with Gasteiger partial charge in [-0.1, -0.05) is 23.7 Å². The van der Waals surface area contributed by atoms with E-state index in [1.807, 2.05) is 36.4 Å². The summed E-state index contributed by atoms with van der Waals surface area (Å²) in [6.07, 6.45) is 0.709. The standard InChI is InChI=1S/C24H23ClN2O4/c1-24(2,23(28)29)31-22-11-3-17(4-12-22)15-16-30-21-13-9-20(10-14-21)27-26-19-7-5-18(25)6-8-19/h3-14H,15-16H2,1-2H3,(H,28,29). The van der Waals surface area contributed by atoms with Crippen molar-refractivity contribution in [2.75, 3.05) is 6.61 Å². The number of hydrogen-bond acceptors (Lipinski definition) is 5. The number of carboxylic acid groups (broad SMARTS) is 1. The van der Waals surface area contributed by atoms with Crippen LogP contribution in [-0.4, -0.2) is 23.3 Å². The van der Waals surface area contributed by atoms with Crippen LogP contribution in [0.25, 0.3) is 0 Å². The number of carboxylic acids is 1. The van der Waals surface area contributed by atoms with E-state index >= 15 is 0 Å². The number of rotatable bonds is 9. The van der Waals surface area contributed by atoms with Gasteiger partial charge in [0.1, 0.15) is 11.5 Å². The molecule has 0 unspecified atom stereocenters. The Hall–Kier alpha value is -3.38. The first-order valence-corrected chi connectivity index (χ1v) is 10.1. The molecule has 3 rings (SSSR count). The first kappa shape index (κ1) is 22.3. The van der Waals surface area contributed by atoms with Gasteiger partial charge in [-0.3, -0.25) is 0 Å². The second-order valence-corrected chi connectivity index (χ2v) is 7.77. The zero-order valence-electron chi connectivity index (χ0n) is 17.3. The van der Waals surface area contributed by atoms with Crippen LogP contribution < -0.4 is 9.47 Å². The third-order valence-corrected chi connectivity index (χ3v) is 4.67. The van der Waals surface area contributed by atoms with E-state index in [4.69, 9.17) is 26.2 Å². The fourth-order valence-corrected chi connectivity index (χ4v) is 2.71. The van der Waals surface area contributed by atoms with Crippen LogP contribution >= 0.6 is 11.6 Å². The van der Waals surface area contributed by atoms with Crippen molar-refractivity contribution in [2.24, 2.45) is 10.2 Å². The summed E-state index contributed by atoms with van der Waals surface area (Å²) in [5, 5.41) is 18.2. The van der Waals surface area contributed by atoms with E-state index in [0.717, 1.165) is 22.7 Å². The molecule has 0 bridgehead atoms. The summed E-state index contributed by atoms with van der Waals surface area (Å²) >= 11 is 5.86. The van der Waals surface area contributed by atoms with Gasteiger partial charge in [-0.05, 0) is 80.1 Å². The maximum atomic E-state index is 11.1. The molecule has 160 valence electrons. The Labute approximate surface area is 186 Å². The van der Waals surface area contributed by atoms with Crippen molar-refractivity contribution in [2.45, 2.75) is 25.9 Å². The van der Waals surface area contributed by atoms with Gasteiger partial charge in [-0.15, -0.1) is 0 Å². The Morgan fingerprint density at radius 2 is 1.39 bits per heavy atom. The molecule has 3 aromatic rings. The predicted molar refractivity (Wildman–Crippen MR) is 120 cm³/mol. The zero-order valence-corrected chi connectivity index (χ0v) is 18.0. The number of halogens is 1. The number of azo groups is 1. The van der Waals surface area contributed by atoms with Gasteiger partial charge in [-0.2, -0.15) is 10.2 Å². The lowest BCUT2D eigenvalue weighted by molar-refractivity contribution is -0.152. The summed E-state index contributed by atoms with van der Waals surface area (Å²) < 4.78 is 11.3. The number of hydrogen-bond donors (Lipinski definition) is 1. The number of benzene rings is 3. The lowest BCUT2D eigenvalue weighted by Crippen LogP contribution is -2.37. The van der Waals surface area contributed by atoms with Crippen molar-refractivity contribution >= 4 is 28.9 Å². The molecule has 0 fully saturated rings. The second kappa shape index (κ2) is 10.1. The second-order valence-electron chi connectivity index (χ2n) is 7.33. The topological polar surface area (TPSA) is 80.5 Å². The molecule has 31 heavy (non-hydrogen) atoms. The van der Waals surface area contributed by atoms with E-state index in [2.05, 4.69) is 10.2 Å². The number of carbonyl (C=O) groups is 1. The van der Waals surface area contributed by atoms with E-state index < -0.39 is 11.6 Å². The van der Waals surface area contributed by atoms with E-state index in [0.29, 0.717) is 23.8 Å². The van der Waals surface area contributed by atoms with Crippen molar-refractivity contribution in [1.82, 2.24) is 0 Å². The summed E-state index contributed by atoms with van der Waals surface area (Å²) in [6.45, 7) is 3.54. The molecule has 0 atom stereocenters. The summed E-state index contributed by atoms with van der Waals surface area (Å²) in [5.41, 5.74) is 1.24. The van der Waals surface area contributed by atoms with Gasteiger partial charge in [-0.25, -0.2) is 4.79 Å². The molecule has 0 aliphatic carbocycles. The monoisotopic (exact) mass is 438 g/mol. The number of aliphatic carboxylic acids is 1. The highest BCUT2D eigenvalue weighted by Gasteiger charge is 2.29. The van der Waals surface area contributed by atoms with Crippen molar-refractivity contribution in [1.29, 1.82) is 0 Å². The van der Waals surface area contributed by atoms with Crippen LogP contribution in [0, 0.1) is 0 Å². The predicted octanol–water partition coefficient (Wildman–Crippen LogP) is 6.62. The van der Waals surface area contributed by atoms with E-state index in [-0.39, 0.29) is 0 Å². The quantitative estimate of drug-likeness (QED) is 0.380. The molecule has 3 aromatic carbocycles. The highest BCUT2D eigenvalue weighted by molar-refractivity contribution is 6.30. The summed E-state index contributed by atoms with van der Waals surface area (Å²) in [5.74, 6) is 0.247. The molecule has 0 aliphatic rings. The highest BCUT2D eigenvalue weighted by atomic mass is 35.5. The first-order chi connectivity index (χ1) is 14.8. The molecular formula is C24H23ClN2O4. The van der Waals surface area contributed by atoms with Crippen LogP contribution in [0.4, 0.5) is 11.4 Å². The van der Waals surface area contributed by atoms with Crippen LogP contribution in [0.15, 0.2) is 83.0 Å². The van der Waals surface area contributed by atoms with Gasteiger partial charge < -0.3 is 14.6 Å². The largest absolute Gasteiger partial charge is 0.493 e. The Morgan fingerprint density at radius 3 is 1.94 bits per heavy atom. The third kappa shape index (κ3) is 6.83. The molecule has 0 saturated heterocycles. The van der Waals surface area contributed by atoms with Crippen molar-refractivity contribution in [3.05, 3.63) is 83.4 Å². The Bertz CT molecular complexity index is 1030. The molecule has 0 radical (unpaired) electrons. The molecule has 0 heterocycles. The molecule has 1 N–H and O–H groups in total. The van der Waals surface area contributed by atoms with Gasteiger partial charge in [0, 0.05) is 11.4 Å². The lowest BCUT2D eigenvalue weighted by atomic mass is 10.1. The molecule has 0 aliphatic heterocycles. The average Bonchev–Trinajstić information content (AvgIpc) is 2.75. The van der Waals surface area contributed by atoms with Crippen molar-refractivity contribution in [3.63, 3.8) is 0 Å². The molecule has 0 aromatic heterocycles. The number of ether oxygens (including phenoxy) is 2. The first-order valence-electron chi connectivity index (χ1n) is 9.73. The van der Waals surface area contributed by atoms with Crippen molar-refractivity contribution < 1.29 is 19.4 Å². The Morgan fingerprint density at radius 1 is 0.871 bits per heavy atom. The van der Waals surface area contributed by atoms with Gasteiger partial charge in [0.15, 0.2) is 5.60 Å². The molecule has 7 heteroatoms. The smallest absolute Gasteiger partial charge is 0.347 e. The van der Waals surface area contributed by atoms with Crippen molar-refractivity contribution in [3.8, 4) is 11.5 Å². The van der Waals surface area contributed by atoms with Gasteiger partial charge in [0.2, 0.25) is 0 Å². The maximum absolute atomic E-state index is 11.1. The third-order valence-electron chi connectivity index (χ3n) is 4.42. The SMILES string of the molecule is CC(C)(Oc1ccc(CCOc2ccc(N=Nc3ccc(Cl)cc3)cc2)cc1)C(=O)O. The van der Waals surface area contributed by atoms with E-state index in [1.165, 1.54) is 13.8 Å². The molecule has 6 nitrogen and oxygen atoms in total. The normalized spacial score (nSPS) is 11.5. The average molecular weight is 439 g/mol. The lowest BCUT2D eigenvalue weighted by Gasteiger charge is -2.21. The Balaban J connectivity index is 1.47. The number of nitrogens with zero attached hydrogens (tertiary/aromatic N) is 2. The minimum absolute atomic E-state index is 0.506. The zero-order chi connectivity index (χ0) is 22.3. The molecule has 0 amide bonds.